The lowest BCUT2D eigenvalue weighted by Crippen LogP contribution is -2.45. The minimum atomic E-state index is -0.133. The van der Waals surface area contributed by atoms with Gasteiger partial charge in [-0.2, -0.15) is 0 Å². The van der Waals surface area contributed by atoms with E-state index in [1.54, 1.807) is 6.20 Å². The molecule has 0 radical (unpaired) electrons. The molecule has 0 spiro atoms. The number of hydrogen-bond acceptors (Lipinski definition) is 4. The molecule has 1 saturated heterocycles. The molecule has 0 aliphatic carbocycles. The molecule has 1 aliphatic rings. The second kappa shape index (κ2) is 6.39. The van der Waals surface area contributed by atoms with Gasteiger partial charge >= 0.3 is 0 Å². The fourth-order valence-electron chi connectivity index (χ4n) is 2.57. The van der Waals surface area contributed by atoms with Crippen LogP contribution in [0.1, 0.15) is 51.2 Å². The van der Waals surface area contributed by atoms with E-state index in [1.165, 1.54) is 0 Å². The summed E-state index contributed by atoms with van der Waals surface area (Å²) in [4.78, 5) is 16.0. The maximum atomic E-state index is 11.9. The maximum absolute atomic E-state index is 11.9. The van der Waals surface area contributed by atoms with E-state index >= 15 is 0 Å². The van der Waals surface area contributed by atoms with Crippen LogP contribution in [0.15, 0.2) is 10.6 Å². The van der Waals surface area contributed by atoms with Gasteiger partial charge in [-0.1, -0.05) is 0 Å². The molecule has 1 amide bonds. The molecule has 5 nitrogen and oxygen atoms in total. The van der Waals surface area contributed by atoms with Crippen molar-refractivity contribution in [1.29, 1.82) is 0 Å². The molecule has 1 aromatic rings. The summed E-state index contributed by atoms with van der Waals surface area (Å²) in [6.07, 6.45) is 5.46. The highest BCUT2D eigenvalue weighted by molar-refractivity contribution is 5.76. The number of carbonyl (C=O) groups is 1. The predicted molar refractivity (Wildman–Crippen MR) is 75.4 cm³/mol. The monoisotopic (exact) mass is 280 g/mol. The first-order valence-electron chi connectivity index (χ1n) is 7.29. The van der Waals surface area contributed by atoms with Gasteiger partial charge < -0.3 is 14.5 Å². The number of rotatable bonds is 5. The number of nitrogens with one attached hydrogen (secondary N) is 1. The number of amides is 1. The topological polar surface area (TPSA) is 64.4 Å². The Balaban J connectivity index is 1.67. The van der Waals surface area contributed by atoms with Crippen molar-refractivity contribution in [2.75, 3.05) is 6.61 Å². The van der Waals surface area contributed by atoms with Crippen LogP contribution in [0.4, 0.5) is 0 Å². The molecule has 0 bridgehead atoms. The molecule has 1 aromatic heterocycles. The Bertz CT molecular complexity index is 454. The number of hydrogen-bond donors (Lipinski definition) is 1. The molecular weight excluding hydrogens is 256 g/mol. The van der Waals surface area contributed by atoms with E-state index in [9.17, 15) is 4.79 Å². The largest absolute Gasteiger partial charge is 0.446 e. The Hall–Kier alpha value is -1.36. The fourth-order valence-corrected chi connectivity index (χ4v) is 2.57. The Morgan fingerprint density at radius 2 is 2.35 bits per heavy atom. The Kier molecular flexibility index (Phi) is 4.81. The van der Waals surface area contributed by atoms with Gasteiger partial charge in [-0.3, -0.25) is 4.79 Å². The minimum absolute atomic E-state index is 0.107. The van der Waals surface area contributed by atoms with E-state index in [1.807, 2.05) is 6.92 Å². The third-order valence-electron chi connectivity index (χ3n) is 3.53. The smallest absolute Gasteiger partial charge is 0.220 e. The zero-order valence-electron chi connectivity index (χ0n) is 12.6. The molecule has 112 valence electrons. The van der Waals surface area contributed by atoms with Crippen molar-refractivity contribution in [3.05, 3.63) is 17.8 Å². The first-order chi connectivity index (χ1) is 9.44. The molecule has 1 aliphatic heterocycles. The van der Waals surface area contributed by atoms with Gasteiger partial charge in [0.25, 0.3) is 0 Å². The quantitative estimate of drug-likeness (QED) is 0.899. The summed E-state index contributed by atoms with van der Waals surface area (Å²) in [6, 6.07) is 0.232. The van der Waals surface area contributed by atoms with Crippen LogP contribution in [0.3, 0.4) is 0 Å². The van der Waals surface area contributed by atoms with Crippen LogP contribution in [0.5, 0.6) is 0 Å². The van der Waals surface area contributed by atoms with Crippen LogP contribution in [-0.2, 0) is 16.0 Å². The van der Waals surface area contributed by atoms with Crippen LogP contribution in [0.25, 0.3) is 0 Å². The summed E-state index contributed by atoms with van der Waals surface area (Å²) in [5, 5.41) is 3.10. The Morgan fingerprint density at radius 3 is 3.00 bits per heavy atom. The lowest BCUT2D eigenvalue weighted by molar-refractivity contribution is -0.124. The van der Waals surface area contributed by atoms with E-state index in [0.29, 0.717) is 25.3 Å². The number of oxazole rings is 1. The van der Waals surface area contributed by atoms with Crippen molar-refractivity contribution in [3.63, 3.8) is 0 Å². The van der Waals surface area contributed by atoms with Crippen molar-refractivity contribution in [2.45, 2.75) is 64.5 Å². The highest BCUT2D eigenvalue weighted by Crippen LogP contribution is 2.23. The van der Waals surface area contributed by atoms with Crippen molar-refractivity contribution < 1.29 is 13.9 Å². The van der Waals surface area contributed by atoms with Crippen molar-refractivity contribution >= 4 is 5.91 Å². The second-order valence-electron chi connectivity index (χ2n) is 6.08. The first-order valence-corrected chi connectivity index (χ1v) is 7.29. The summed E-state index contributed by atoms with van der Waals surface area (Å²) in [5.74, 6) is 1.63. The average Bonchev–Trinajstić information content (AvgIpc) is 2.73. The van der Waals surface area contributed by atoms with E-state index in [2.05, 4.69) is 24.1 Å². The third kappa shape index (κ3) is 4.63. The van der Waals surface area contributed by atoms with Gasteiger partial charge in [-0.25, -0.2) is 4.98 Å². The number of ether oxygens (including phenoxy) is 1. The molecule has 0 aromatic carbocycles. The molecule has 1 atom stereocenters. The highest BCUT2D eigenvalue weighted by Gasteiger charge is 2.29. The number of aryl methyl sites for hydroxylation is 2. The maximum Gasteiger partial charge on any atom is 0.220 e. The lowest BCUT2D eigenvalue weighted by Gasteiger charge is -2.35. The summed E-state index contributed by atoms with van der Waals surface area (Å²) in [5.41, 5.74) is -0.133. The zero-order valence-corrected chi connectivity index (χ0v) is 12.6. The number of nitrogens with zero attached hydrogens (tertiary/aromatic N) is 1. The Morgan fingerprint density at radius 1 is 1.55 bits per heavy atom. The first kappa shape index (κ1) is 15.0. The molecular formula is C15H24N2O3. The van der Waals surface area contributed by atoms with Gasteiger partial charge in [0, 0.05) is 25.5 Å². The predicted octanol–water partition coefficient (Wildman–Crippen LogP) is 2.38. The van der Waals surface area contributed by atoms with Gasteiger partial charge in [0.15, 0.2) is 5.89 Å². The fraction of sp³-hybridized carbons (Fsp3) is 0.733. The van der Waals surface area contributed by atoms with Gasteiger partial charge in [0.05, 0.1) is 11.8 Å². The van der Waals surface area contributed by atoms with Crippen LogP contribution < -0.4 is 5.32 Å². The Labute approximate surface area is 120 Å². The molecule has 2 heterocycles. The van der Waals surface area contributed by atoms with Gasteiger partial charge in [-0.15, -0.1) is 0 Å². The SMILES string of the molecule is Cc1cnc(CCCC(=O)NC2CCOC(C)(C)C2)o1. The molecule has 1 unspecified atom stereocenters. The van der Waals surface area contributed by atoms with Crippen LogP contribution in [-0.4, -0.2) is 29.1 Å². The van der Waals surface area contributed by atoms with Gasteiger partial charge in [0.2, 0.25) is 5.91 Å². The minimum Gasteiger partial charge on any atom is -0.446 e. The molecule has 1 N–H and O–H groups in total. The standard InChI is InChI=1S/C15H24N2O3/c1-11-10-16-14(20-11)6-4-5-13(18)17-12-7-8-19-15(2,3)9-12/h10,12H,4-9H2,1-3H3,(H,17,18). The summed E-state index contributed by atoms with van der Waals surface area (Å²) >= 11 is 0. The average molecular weight is 280 g/mol. The van der Waals surface area contributed by atoms with Crippen molar-refractivity contribution in [3.8, 4) is 0 Å². The van der Waals surface area contributed by atoms with Crippen LogP contribution in [0, 0.1) is 6.92 Å². The van der Waals surface area contributed by atoms with Crippen LogP contribution >= 0.6 is 0 Å². The normalized spacial score (nSPS) is 21.6. The van der Waals surface area contributed by atoms with Crippen LogP contribution in [0.2, 0.25) is 0 Å². The molecule has 5 heteroatoms. The van der Waals surface area contributed by atoms with E-state index in [-0.39, 0.29) is 17.6 Å². The summed E-state index contributed by atoms with van der Waals surface area (Å²) in [6.45, 7) is 6.72. The molecule has 20 heavy (non-hydrogen) atoms. The molecule has 2 rings (SSSR count). The van der Waals surface area contributed by atoms with Crippen molar-refractivity contribution in [2.24, 2.45) is 0 Å². The third-order valence-corrected chi connectivity index (χ3v) is 3.53. The summed E-state index contributed by atoms with van der Waals surface area (Å²) < 4.78 is 11.0. The lowest BCUT2D eigenvalue weighted by atomic mass is 9.94. The molecule has 0 saturated carbocycles. The highest BCUT2D eigenvalue weighted by atomic mass is 16.5. The van der Waals surface area contributed by atoms with Crippen molar-refractivity contribution in [1.82, 2.24) is 10.3 Å². The van der Waals surface area contributed by atoms with Gasteiger partial charge in [0.1, 0.15) is 5.76 Å². The molecule has 1 fully saturated rings. The number of carbonyl (C=O) groups excluding carboxylic acids is 1. The second-order valence-corrected chi connectivity index (χ2v) is 6.08. The number of aromatic nitrogens is 1. The summed E-state index contributed by atoms with van der Waals surface area (Å²) in [7, 11) is 0. The van der Waals surface area contributed by atoms with E-state index < -0.39 is 0 Å². The van der Waals surface area contributed by atoms with Gasteiger partial charge in [-0.05, 0) is 40.0 Å². The zero-order chi connectivity index (χ0) is 14.6. The van der Waals surface area contributed by atoms with E-state index in [0.717, 1.165) is 25.0 Å². The van der Waals surface area contributed by atoms with E-state index in [4.69, 9.17) is 9.15 Å².